The van der Waals surface area contributed by atoms with Gasteiger partial charge in [0.15, 0.2) is 0 Å². The lowest BCUT2D eigenvalue weighted by molar-refractivity contribution is -0.119. The molecule has 1 fully saturated rings. The van der Waals surface area contributed by atoms with Crippen molar-refractivity contribution in [2.24, 2.45) is 0 Å². The van der Waals surface area contributed by atoms with Crippen LogP contribution in [-0.4, -0.2) is 40.5 Å². The SMILES string of the molecule is O=C1Nc2ccc(-c3ccc(Cl)cc3)cc2C(=O)N2CC(O)CC12. The van der Waals surface area contributed by atoms with E-state index in [-0.39, 0.29) is 24.8 Å². The molecule has 2 aromatic rings. The van der Waals surface area contributed by atoms with Crippen molar-refractivity contribution >= 4 is 29.1 Å². The quantitative estimate of drug-likeness (QED) is 0.836. The highest BCUT2D eigenvalue weighted by Gasteiger charge is 2.42. The number of aliphatic hydroxyl groups excluding tert-OH is 1. The number of anilines is 1. The monoisotopic (exact) mass is 342 g/mol. The molecule has 0 aromatic heterocycles. The van der Waals surface area contributed by atoms with Crippen LogP contribution in [0.4, 0.5) is 5.69 Å². The van der Waals surface area contributed by atoms with Gasteiger partial charge in [-0.3, -0.25) is 9.59 Å². The molecular formula is C18H15ClN2O3. The Morgan fingerprint density at radius 1 is 1.08 bits per heavy atom. The molecule has 1 saturated heterocycles. The smallest absolute Gasteiger partial charge is 0.256 e. The molecule has 0 saturated carbocycles. The molecule has 2 aromatic carbocycles. The third-order valence-corrected chi connectivity index (χ3v) is 4.78. The Kier molecular flexibility index (Phi) is 3.55. The Bertz CT molecular complexity index is 835. The van der Waals surface area contributed by atoms with E-state index in [2.05, 4.69) is 5.32 Å². The van der Waals surface area contributed by atoms with E-state index >= 15 is 0 Å². The predicted octanol–water partition coefficient (Wildman–Crippen LogP) is 2.53. The number of fused-ring (bicyclic) bond motifs is 2. The van der Waals surface area contributed by atoms with Gasteiger partial charge in [0.2, 0.25) is 5.91 Å². The summed E-state index contributed by atoms with van der Waals surface area (Å²) in [5.74, 6) is -0.487. The fraction of sp³-hybridized carbons (Fsp3) is 0.222. The zero-order valence-corrected chi connectivity index (χ0v) is 13.5. The van der Waals surface area contributed by atoms with Crippen LogP contribution < -0.4 is 5.32 Å². The van der Waals surface area contributed by atoms with E-state index in [9.17, 15) is 14.7 Å². The Morgan fingerprint density at radius 2 is 1.79 bits per heavy atom. The predicted molar refractivity (Wildman–Crippen MR) is 91.0 cm³/mol. The minimum Gasteiger partial charge on any atom is -0.391 e. The number of carbonyl (C=O) groups excluding carboxylic acids is 2. The fourth-order valence-electron chi connectivity index (χ4n) is 3.31. The second kappa shape index (κ2) is 5.61. The van der Waals surface area contributed by atoms with Gasteiger partial charge in [-0.05, 0) is 35.4 Å². The van der Waals surface area contributed by atoms with Gasteiger partial charge in [-0.2, -0.15) is 0 Å². The maximum atomic E-state index is 12.8. The lowest BCUT2D eigenvalue weighted by atomic mass is 10.0. The first-order chi connectivity index (χ1) is 11.5. The number of nitrogens with zero attached hydrogens (tertiary/aromatic N) is 1. The van der Waals surface area contributed by atoms with Crippen molar-refractivity contribution < 1.29 is 14.7 Å². The lowest BCUT2D eigenvalue weighted by Crippen LogP contribution is -2.40. The molecule has 0 spiro atoms. The Hall–Kier alpha value is -2.37. The molecular weight excluding hydrogens is 328 g/mol. The first-order valence-electron chi connectivity index (χ1n) is 7.73. The molecule has 2 aliphatic rings. The average Bonchev–Trinajstić information content (AvgIpc) is 2.93. The number of rotatable bonds is 1. The van der Waals surface area contributed by atoms with E-state index in [1.807, 2.05) is 18.2 Å². The lowest BCUT2D eigenvalue weighted by Gasteiger charge is -2.19. The summed E-state index contributed by atoms with van der Waals surface area (Å²) >= 11 is 5.92. The molecule has 6 heteroatoms. The van der Waals surface area contributed by atoms with Gasteiger partial charge in [0.1, 0.15) is 6.04 Å². The molecule has 122 valence electrons. The molecule has 24 heavy (non-hydrogen) atoms. The van der Waals surface area contributed by atoms with Crippen LogP contribution in [0.1, 0.15) is 16.8 Å². The summed E-state index contributed by atoms with van der Waals surface area (Å²) in [4.78, 5) is 26.6. The molecule has 2 heterocycles. The zero-order valence-electron chi connectivity index (χ0n) is 12.7. The Labute approximate surface area is 143 Å². The summed E-state index contributed by atoms with van der Waals surface area (Å²) in [6.07, 6.45) is -0.388. The number of aliphatic hydroxyl groups is 1. The van der Waals surface area contributed by atoms with E-state index in [4.69, 9.17) is 11.6 Å². The van der Waals surface area contributed by atoms with E-state index in [1.54, 1.807) is 24.3 Å². The number of hydrogen-bond donors (Lipinski definition) is 2. The van der Waals surface area contributed by atoms with Crippen LogP contribution in [0.25, 0.3) is 11.1 Å². The molecule has 2 aliphatic heterocycles. The minimum absolute atomic E-state index is 0.182. The van der Waals surface area contributed by atoms with Crippen LogP contribution in [0, 0.1) is 0 Å². The van der Waals surface area contributed by atoms with E-state index in [0.717, 1.165) is 11.1 Å². The van der Waals surface area contributed by atoms with Crippen molar-refractivity contribution in [1.29, 1.82) is 0 Å². The van der Waals surface area contributed by atoms with E-state index in [0.29, 0.717) is 16.3 Å². The van der Waals surface area contributed by atoms with Crippen LogP contribution in [0.15, 0.2) is 42.5 Å². The van der Waals surface area contributed by atoms with Gasteiger partial charge in [0.25, 0.3) is 5.91 Å². The third-order valence-electron chi connectivity index (χ3n) is 4.53. The van der Waals surface area contributed by atoms with Gasteiger partial charge in [-0.1, -0.05) is 29.8 Å². The summed E-state index contributed by atoms with van der Waals surface area (Å²) < 4.78 is 0. The molecule has 0 aliphatic carbocycles. The highest BCUT2D eigenvalue weighted by Crippen LogP contribution is 2.32. The van der Waals surface area contributed by atoms with Gasteiger partial charge in [0.05, 0.1) is 17.4 Å². The van der Waals surface area contributed by atoms with Crippen LogP contribution in [-0.2, 0) is 4.79 Å². The number of amides is 2. The first kappa shape index (κ1) is 15.2. The molecule has 0 radical (unpaired) electrons. The summed E-state index contributed by atoms with van der Waals surface area (Å²) in [6, 6.07) is 12.1. The maximum absolute atomic E-state index is 12.8. The number of benzene rings is 2. The molecule has 2 unspecified atom stereocenters. The van der Waals surface area contributed by atoms with Crippen molar-refractivity contribution in [3.8, 4) is 11.1 Å². The van der Waals surface area contributed by atoms with Gasteiger partial charge in [-0.25, -0.2) is 0 Å². The van der Waals surface area contributed by atoms with Crippen LogP contribution in [0.2, 0.25) is 5.02 Å². The van der Waals surface area contributed by atoms with Crippen molar-refractivity contribution in [2.75, 3.05) is 11.9 Å². The number of carbonyl (C=O) groups is 2. The van der Waals surface area contributed by atoms with Gasteiger partial charge in [0, 0.05) is 18.0 Å². The molecule has 2 amide bonds. The largest absolute Gasteiger partial charge is 0.391 e. The maximum Gasteiger partial charge on any atom is 0.256 e. The highest BCUT2D eigenvalue weighted by molar-refractivity contribution is 6.30. The van der Waals surface area contributed by atoms with Crippen LogP contribution in [0.5, 0.6) is 0 Å². The summed E-state index contributed by atoms with van der Waals surface area (Å²) in [5.41, 5.74) is 2.74. The van der Waals surface area contributed by atoms with Crippen LogP contribution >= 0.6 is 11.6 Å². The summed E-state index contributed by atoms with van der Waals surface area (Å²) in [6.45, 7) is 0.182. The minimum atomic E-state index is -0.661. The summed E-state index contributed by atoms with van der Waals surface area (Å²) in [7, 11) is 0. The Balaban J connectivity index is 1.78. The number of nitrogens with one attached hydrogen (secondary N) is 1. The molecule has 2 N–H and O–H groups in total. The topological polar surface area (TPSA) is 69.6 Å². The van der Waals surface area contributed by atoms with Crippen molar-refractivity contribution in [3.63, 3.8) is 0 Å². The summed E-state index contributed by atoms with van der Waals surface area (Å²) in [5, 5.41) is 13.3. The molecule has 4 rings (SSSR count). The third kappa shape index (κ3) is 2.46. The van der Waals surface area contributed by atoms with Crippen molar-refractivity contribution in [3.05, 3.63) is 53.1 Å². The van der Waals surface area contributed by atoms with Gasteiger partial charge < -0.3 is 15.3 Å². The highest BCUT2D eigenvalue weighted by atomic mass is 35.5. The second-order valence-electron chi connectivity index (χ2n) is 6.12. The van der Waals surface area contributed by atoms with Crippen molar-refractivity contribution in [1.82, 2.24) is 4.90 Å². The van der Waals surface area contributed by atoms with Gasteiger partial charge >= 0.3 is 0 Å². The molecule has 5 nitrogen and oxygen atoms in total. The van der Waals surface area contributed by atoms with Gasteiger partial charge in [-0.15, -0.1) is 0 Å². The Morgan fingerprint density at radius 3 is 2.54 bits per heavy atom. The second-order valence-corrected chi connectivity index (χ2v) is 6.56. The number of halogens is 1. The fourth-order valence-corrected chi connectivity index (χ4v) is 3.44. The van der Waals surface area contributed by atoms with Crippen molar-refractivity contribution in [2.45, 2.75) is 18.6 Å². The zero-order chi connectivity index (χ0) is 16.8. The molecule has 2 atom stereocenters. The van der Waals surface area contributed by atoms with E-state index in [1.165, 1.54) is 4.90 Å². The standard InChI is InChI=1S/C18H15ClN2O3/c19-12-4-1-10(2-5-12)11-3-6-15-14(7-11)18(24)21-9-13(22)8-16(21)17(23)20-15/h1-7,13,16,22H,8-9H2,(H,20,23). The van der Waals surface area contributed by atoms with E-state index < -0.39 is 12.1 Å². The molecule has 0 bridgehead atoms. The van der Waals surface area contributed by atoms with Crippen LogP contribution in [0.3, 0.4) is 0 Å². The normalized spacial score (nSPS) is 22.7. The number of hydrogen-bond acceptors (Lipinski definition) is 3. The first-order valence-corrected chi connectivity index (χ1v) is 8.10. The average molecular weight is 343 g/mol.